The Bertz CT molecular complexity index is 585. The molecule has 1 saturated carbocycles. The van der Waals surface area contributed by atoms with Crippen LogP contribution in [0.3, 0.4) is 0 Å². The smallest absolute Gasteiger partial charge is 0.254 e. The lowest BCUT2D eigenvalue weighted by Gasteiger charge is -2.21. The van der Waals surface area contributed by atoms with Crippen molar-refractivity contribution in [1.29, 1.82) is 0 Å². The Morgan fingerprint density at radius 1 is 1.19 bits per heavy atom. The van der Waals surface area contributed by atoms with Gasteiger partial charge >= 0.3 is 0 Å². The third-order valence-electron chi connectivity index (χ3n) is 4.98. The number of carbonyl (C=O) groups excluding carboxylic acids is 2. The van der Waals surface area contributed by atoms with Gasteiger partial charge in [-0.15, -0.1) is 11.8 Å². The number of hydrogen-bond donors (Lipinski definition) is 1. The van der Waals surface area contributed by atoms with Crippen molar-refractivity contribution >= 4 is 23.6 Å². The fraction of sp³-hybridized carbons (Fsp3) is 0.619. The molecule has 1 aromatic carbocycles. The fourth-order valence-corrected chi connectivity index (χ4v) is 4.19. The molecule has 1 aromatic rings. The van der Waals surface area contributed by atoms with Crippen LogP contribution in [0, 0.1) is 5.92 Å². The predicted octanol–water partition coefficient (Wildman–Crippen LogP) is 4.35. The standard InChI is InChI=1S/C21H32N2O2S/c1-3-4-14-23(2)21(25)18-12-8-9-13-19(18)26-16-20(24)22-15-17-10-6-5-7-11-17/h8-9,12-13,17H,3-7,10-11,14-16H2,1-2H3,(H,22,24). The second kappa shape index (κ2) is 11.3. The largest absolute Gasteiger partial charge is 0.355 e. The first-order valence-electron chi connectivity index (χ1n) is 9.85. The Balaban J connectivity index is 1.84. The van der Waals surface area contributed by atoms with Crippen LogP contribution in [0.5, 0.6) is 0 Å². The topological polar surface area (TPSA) is 49.4 Å². The van der Waals surface area contributed by atoms with Crippen molar-refractivity contribution in [2.45, 2.75) is 56.8 Å². The molecule has 0 spiro atoms. The first kappa shape index (κ1) is 20.8. The van der Waals surface area contributed by atoms with Gasteiger partial charge in [-0.1, -0.05) is 44.7 Å². The Morgan fingerprint density at radius 3 is 2.65 bits per heavy atom. The van der Waals surface area contributed by atoms with Gasteiger partial charge < -0.3 is 10.2 Å². The zero-order chi connectivity index (χ0) is 18.8. The van der Waals surface area contributed by atoms with Crippen molar-refractivity contribution in [2.75, 3.05) is 25.9 Å². The van der Waals surface area contributed by atoms with Gasteiger partial charge in [0, 0.05) is 25.0 Å². The zero-order valence-corrected chi connectivity index (χ0v) is 16.9. The van der Waals surface area contributed by atoms with Crippen LogP contribution in [0.2, 0.25) is 0 Å². The van der Waals surface area contributed by atoms with Crippen LogP contribution in [0.1, 0.15) is 62.2 Å². The molecular formula is C21H32N2O2S. The van der Waals surface area contributed by atoms with E-state index >= 15 is 0 Å². The maximum Gasteiger partial charge on any atom is 0.254 e. The molecule has 0 aromatic heterocycles. The second-order valence-electron chi connectivity index (χ2n) is 7.17. The summed E-state index contributed by atoms with van der Waals surface area (Å²) < 4.78 is 0. The van der Waals surface area contributed by atoms with Crippen molar-refractivity contribution < 1.29 is 9.59 Å². The Morgan fingerprint density at radius 2 is 1.92 bits per heavy atom. The van der Waals surface area contributed by atoms with Crippen LogP contribution in [0.15, 0.2) is 29.2 Å². The number of thioether (sulfide) groups is 1. The van der Waals surface area contributed by atoms with Gasteiger partial charge in [-0.2, -0.15) is 0 Å². The van der Waals surface area contributed by atoms with Crippen molar-refractivity contribution in [3.8, 4) is 0 Å². The molecule has 2 rings (SSSR count). The number of amides is 2. The molecule has 26 heavy (non-hydrogen) atoms. The summed E-state index contributed by atoms with van der Waals surface area (Å²) in [6.07, 6.45) is 8.43. The van der Waals surface area contributed by atoms with Crippen molar-refractivity contribution in [3.05, 3.63) is 29.8 Å². The molecule has 1 aliphatic rings. The number of carbonyl (C=O) groups is 2. The van der Waals surface area contributed by atoms with Crippen LogP contribution in [-0.2, 0) is 4.79 Å². The maximum atomic E-state index is 12.7. The third kappa shape index (κ3) is 6.67. The molecule has 5 heteroatoms. The van der Waals surface area contributed by atoms with Gasteiger partial charge in [0.15, 0.2) is 0 Å². The van der Waals surface area contributed by atoms with E-state index in [-0.39, 0.29) is 11.8 Å². The average molecular weight is 377 g/mol. The zero-order valence-electron chi connectivity index (χ0n) is 16.1. The number of nitrogens with one attached hydrogen (secondary N) is 1. The van der Waals surface area contributed by atoms with Crippen LogP contribution >= 0.6 is 11.8 Å². The van der Waals surface area contributed by atoms with Crippen LogP contribution < -0.4 is 5.32 Å². The van der Waals surface area contributed by atoms with Gasteiger partial charge in [0.1, 0.15) is 0 Å². The summed E-state index contributed by atoms with van der Waals surface area (Å²) in [6, 6.07) is 7.59. The van der Waals surface area contributed by atoms with E-state index in [4.69, 9.17) is 0 Å². The van der Waals surface area contributed by atoms with E-state index < -0.39 is 0 Å². The van der Waals surface area contributed by atoms with Crippen LogP contribution in [0.4, 0.5) is 0 Å². The van der Waals surface area contributed by atoms with E-state index in [9.17, 15) is 9.59 Å². The average Bonchev–Trinajstić information content (AvgIpc) is 2.69. The molecule has 1 fully saturated rings. The highest BCUT2D eigenvalue weighted by molar-refractivity contribution is 8.00. The van der Waals surface area contributed by atoms with Crippen molar-refractivity contribution in [3.63, 3.8) is 0 Å². The minimum Gasteiger partial charge on any atom is -0.355 e. The molecule has 0 atom stereocenters. The summed E-state index contributed by atoms with van der Waals surface area (Å²) >= 11 is 1.45. The Hall–Kier alpha value is -1.49. The van der Waals surface area contributed by atoms with Gasteiger partial charge in [0.2, 0.25) is 5.91 Å². The summed E-state index contributed by atoms with van der Waals surface area (Å²) in [5.74, 6) is 1.08. The lowest BCUT2D eigenvalue weighted by Crippen LogP contribution is -2.31. The molecule has 0 bridgehead atoms. The minimum absolute atomic E-state index is 0.0316. The molecule has 0 heterocycles. The Kier molecular flexibility index (Phi) is 9.02. The summed E-state index contributed by atoms with van der Waals surface area (Å²) in [7, 11) is 1.84. The first-order chi connectivity index (χ1) is 12.6. The summed E-state index contributed by atoms with van der Waals surface area (Å²) in [6.45, 7) is 3.67. The molecular weight excluding hydrogens is 344 g/mol. The summed E-state index contributed by atoms with van der Waals surface area (Å²) in [4.78, 5) is 27.5. The Labute approximate surface area is 162 Å². The molecule has 4 nitrogen and oxygen atoms in total. The number of benzene rings is 1. The SMILES string of the molecule is CCCCN(C)C(=O)c1ccccc1SCC(=O)NCC1CCCCC1. The first-order valence-corrected chi connectivity index (χ1v) is 10.8. The molecule has 0 aliphatic heterocycles. The monoisotopic (exact) mass is 376 g/mol. The molecule has 0 unspecified atom stereocenters. The van der Waals surface area contributed by atoms with Gasteiger partial charge in [-0.3, -0.25) is 9.59 Å². The van der Waals surface area contributed by atoms with E-state index in [0.29, 0.717) is 17.2 Å². The molecule has 0 saturated heterocycles. The van der Waals surface area contributed by atoms with Gasteiger partial charge in [0.05, 0.1) is 11.3 Å². The predicted molar refractivity (Wildman–Crippen MR) is 109 cm³/mol. The second-order valence-corrected chi connectivity index (χ2v) is 8.19. The van der Waals surface area contributed by atoms with Gasteiger partial charge in [0.25, 0.3) is 5.91 Å². The normalized spacial score (nSPS) is 14.8. The minimum atomic E-state index is 0.0316. The number of unbranched alkanes of at least 4 members (excludes halogenated alkanes) is 1. The van der Waals surface area contributed by atoms with Crippen molar-refractivity contribution in [2.24, 2.45) is 5.92 Å². The number of nitrogens with zero attached hydrogens (tertiary/aromatic N) is 1. The fourth-order valence-electron chi connectivity index (χ4n) is 3.32. The lowest BCUT2D eigenvalue weighted by atomic mass is 9.89. The van der Waals surface area contributed by atoms with E-state index in [1.54, 1.807) is 4.90 Å². The summed E-state index contributed by atoms with van der Waals surface area (Å²) in [5, 5.41) is 3.07. The highest BCUT2D eigenvalue weighted by atomic mass is 32.2. The molecule has 1 aliphatic carbocycles. The van der Waals surface area contributed by atoms with Crippen LogP contribution in [-0.4, -0.2) is 42.6 Å². The molecule has 2 amide bonds. The van der Waals surface area contributed by atoms with E-state index in [1.165, 1.54) is 43.9 Å². The summed E-state index contributed by atoms with van der Waals surface area (Å²) in [5.41, 5.74) is 0.691. The number of rotatable bonds is 9. The number of hydrogen-bond acceptors (Lipinski definition) is 3. The van der Waals surface area contributed by atoms with Gasteiger partial charge in [-0.05, 0) is 37.3 Å². The lowest BCUT2D eigenvalue weighted by molar-refractivity contribution is -0.118. The molecule has 144 valence electrons. The van der Waals surface area contributed by atoms with Crippen LogP contribution in [0.25, 0.3) is 0 Å². The highest BCUT2D eigenvalue weighted by Crippen LogP contribution is 2.25. The third-order valence-corrected chi connectivity index (χ3v) is 6.06. The molecule has 0 radical (unpaired) electrons. The molecule has 1 N–H and O–H groups in total. The van der Waals surface area contributed by atoms with E-state index in [2.05, 4.69) is 12.2 Å². The quantitative estimate of drug-likeness (QED) is 0.652. The highest BCUT2D eigenvalue weighted by Gasteiger charge is 2.17. The van der Waals surface area contributed by atoms with E-state index in [0.717, 1.165) is 30.8 Å². The maximum absolute atomic E-state index is 12.7. The van der Waals surface area contributed by atoms with E-state index in [1.807, 2.05) is 31.3 Å². The van der Waals surface area contributed by atoms with Gasteiger partial charge in [-0.25, -0.2) is 0 Å². The van der Waals surface area contributed by atoms with Crippen molar-refractivity contribution in [1.82, 2.24) is 10.2 Å².